The molecule has 1 aliphatic rings. The maximum atomic E-state index is 11.4. The number of ether oxygens (including phenoxy) is 1. The summed E-state index contributed by atoms with van der Waals surface area (Å²) in [5, 5.41) is 10.0. The van der Waals surface area contributed by atoms with Crippen molar-refractivity contribution in [3.8, 4) is 0 Å². The quantitative estimate of drug-likeness (QED) is 0.719. The van der Waals surface area contributed by atoms with E-state index in [1.165, 1.54) is 39.7 Å². The first kappa shape index (κ1) is 13.5. The molecular weight excluding hydrogens is 206 g/mol. The van der Waals surface area contributed by atoms with Crippen molar-refractivity contribution in [2.45, 2.75) is 51.2 Å². The van der Waals surface area contributed by atoms with Crippen molar-refractivity contribution in [3.05, 3.63) is 0 Å². The van der Waals surface area contributed by atoms with E-state index in [1.54, 1.807) is 0 Å². The Bertz CT molecular complexity index is 234. The molecule has 1 aliphatic carbocycles. The molecule has 1 rings (SSSR count). The predicted molar refractivity (Wildman–Crippen MR) is 62.1 cm³/mol. The molecule has 0 bridgehead atoms. The van der Waals surface area contributed by atoms with E-state index in [9.17, 15) is 9.90 Å². The highest BCUT2D eigenvalue weighted by molar-refractivity contribution is 5.78. The molecule has 1 N–H and O–H groups in total. The molecule has 1 saturated carbocycles. The standard InChI is InChI=1S/C12H23NO3/c1-4-13(10-7-5-6-8-10)9-12(2,15)11(14)16-3/h10,15H,4-9H2,1-3H3. The molecule has 4 heteroatoms. The van der Waals surface area contributed by atoms with Crippen molar-refractivity contribution in [3.63, 3.8) is 0 Å². The number of carbonyl (C=O) groups excluding carboxylic acids is 1. The number of esters is 1. The third-order valence-corrected chi connectivity index (χ3v) is 3.38. The monoisotopic (exact) mass is 229 g/mol. The van der Waals surface area contributed by atoms with Crippen molar-refractivity contribution in [1.82, 2.24) is 4.90 Å². The molecule has 0 aromatic carbocycles. The number of hydrogen-bond donors (Lipinski definition) is 1. The van der Waals surface area contributed by atoms with Gasteiger partial charge in [-0.3, -0.25) is 4.90 Å². The summed E-state index contributed by atoms with van der Waals surface area (Å²) in [6, 6.07) is 0.515. The van der Waals surface area contributed by atoms with Gasteiger partial charge in [0.1, 0.15) is 0 Å². The average molecular weight is 229 g/mol. The number of rotatable bonds is 5. The van der Waals surface area contributed by atoms with Crippen molar-refractivity contribution in [1.29, 1.82) is 0 Å². The lowest BCUT2D eigenvalue weighted by atomic mass is 10.0. The van der Waals surface area contributed by atoms with Crippen molar-refractivity contribution in [2.75, 3.05) is 20.2 Å². The van der Waals surface area contributed by atoms with Crippen LogP contribution in [0.3, 0.4) is 0 Å². The summed E-state index contributed by atoms with van der Waals surface area (Å²) in [5.74, 6) is -0.552. The normalized spacial score (nSPS) is 21.1. The van der Waals surface area contributed by atoms with E-state index in [2.05, 4.69) is 16.6 Å². The minimum absolute atomic E-state index is 0.362. The molecule has 0 amide bonds. The van der Waals surface area contributed by atoms with Gasteiger partial charge in [0.15, 0.2) is 5.60 Å². The molecule has 0 aromatic rings. The fourth-order valence-corrected chi connectivity index (χ4v) is 2.45. The third kappa shape index (κ3) is 3.19. The Labute approximate surface area is 97.6 Å². The smallest absolute Gasteiger partial charge is 0.338 e. The van der Waals surface area contributed by atoms with Gasteiger partial charge in [-0.25, -0.2) is 4.79 Å². The van der Waals surface area contributed by atoms with Crippen molar-refractivity contribution >= 4 is 5.97 Å². The Hall–Kier alpha value is -0.610. The maximum absolute atomic E-state index is 11.4. The molecule has 1 fully saturated rings. The molecule has 1 atom stereocenters. The van der Waals surface area contributed by atoms with Crippen LogP contribution in [0.2, 0.25) is 0 Å². The molecule has 16 heavy (non-hydrogen) atoms. The summed E-state index contributed by atoms with van der Waals surface area (Å²) in [6.45, 7) is 4.81. The fraction of sp³-hybridized carbons (Fsp3) is 0.917. The molecule has 0 spiro atoms. The van der Waals surface area contributed by atoms with E-state index in [1.807, 2.05) is 0 Å². The van der Waals surface area contributed by atoms with Crippen LogP contribution in [0.5, 0.6) is 0 Å². The molecule has 1 unspecified atom stereocenters. The van der Waals surface area contributed by atoms with Crippen LogP contribution in [0.4, 0.5) is 0 Å². The van der Waals surface area contributed by atoms with Gasteiger partial charge in [-0.15, -0.1) is 0 Å². The predicted octanol–water partition coefficient (Wildman–Crippen LogP) is 1.17. The first-order chi connectivity index (χ1) is 7.51. The van der Waals surface area contributed by atoms with Gasteiger partial charge in [0.25, 0.3) is 0 Å². The molecule has 0 radical (unpaired) electrons. The molecule has 4 nitrogen and oxygen atoms in total. The van der Waals surface area contributed by atoms with Crippen LogP contribution in [0.15, 0.2) is 0 Å². The summed E-state index contributed by atoms with van der Waals surface area (Å²) in [4.78, 5) is 13.6. The van der Waals surface area contributed by atoms with Crippen LogP contribution in [0, 0.1) is 0 Å². The Morgan fingerprint density at radius 3 is 2.50 bits per heavy atom. The lowest BCUT2D eigenvalue weighted by Crippen LogP contribution is -2.50. The highest BCUT2D eigenvalue weighted by atomic mass is 16.5. The maximum Gasteiger partial charge on any atom is 0.338 e. The molecule has 0 heterocycles. The van der Waals surface area contributed by atoms with E-state index >= 15 is 0 Å². The van der Waals surface area contributed by atoms with Gasteiger partial charge < -0.3 is 9.84 Å². The second-order valence-electron chi connectivity index (χ2n) is 4.77. The second kappa shape index (κ2) is 5.64. The first-order valence-corrected chi connectivity index (χ1v) is 6.06. The first-order valence-electron chi connectivity index (χ1n) is 6.06. The third-order valence-electron chi connectivity index (χ3n) is 3.38. The van der Waals surface area contributed by atoms with Gasteiger partial charge in [-0.2, -0.15) is 0 Å². The van der Waals surface area contributed by atoms with E-state index < -0.39 is 11.6 Å². The number of nitrogens with zero attached hydrogens (tertiary/aromatic N) is 1. The zero-order chi connectivity index (χ0) is 12.2. The van der Waals surface area contributed by atoms with Crippen molar-refractivity contribution in [2.24, 2.45) is 0 Å². The van der Waals surface area contributed by atoms with Crippen LogP contribution in [-0.4, -0.2) is 47.8 Å². The SMILES string of the molecule is CCN(CC(C)(O)C(=O)OC)C1CCCC1. The van der Waals surface area contributed by atoms with Gasteiger partial charge in [-0.1, -0.05) is 19.8 Å². The highest BCUT2D eigenvalue weighted by Gasteiger charge is 2.35. The lowest BCUT2D eigenvalue weighted by molar-refractivity contribution is -0.162. The minimum Gasteiger partial charge on any atom is -0.467 e. The summed E-state index contributed by atoms with van der Waals surface area (Å²) < 4.78 is 4.61. The largest absolute Gasteiger partial charge is 0.467 e. The average Bonchev–Trinajstić information content (AvgIpc) is 2.78. The Morgan fingerprint density at radius 2 is 2.06 bits per heavy atom. The summed E-state index contributed by atoms with van der Waals surface area (Å²) in [6.07, 6.45) is 4.85. The number of methoxy groups -OCH3 is 1. The highest BCUT2D eigenvalue weighted by Crippen LogP contribution is 2.24. The van der Waals surface area contributed by atoms with E-state index in [-0.39, 0.29) is 0 Å². The summed E-state index contributed by atoms with van der Waals surface area (Å²) in [5.41, 5.74) is -1.40. The molecule has 0 aromatic heterocycles. The summed E-state index contributed by atoms with van der Waals surface area (Å²) >= 11 is 0. The number of aliphatic hydroxyl groups is 1. The van der Waals surface area contributed by atoms with Crippen molar-refractivity contribution < 1.29 is 14.6 Å². The van der Waals surface area contributed by atoms with Crippen LogP contribution in [0.1, 0.15) is 39.5 Å². The lowest BCUT2D eigenvalue weighted by Gasteiger charge is -2.33. The minimum atomic E-state index is -1.40. The Morgan fingerprint density at radius 1 is 1.50 bits per heavy atom. The summed E-state index contributed by atoms with van der Waals surface area (Å²) in [7, 11) is 1.31. The Kier molecular flexibility index (Phi) is 4.74. The number of carbonyl (C=O) groups is 1. The fourth-order valence-electron chi connectivity index (χ4n) is 2.45. The van der Waals surface area contributed by atoms with Crippen LogP contribution >= 0.6 is 0 Å². The molecule has 0 saturated heterocycles. The van der Waals surface area contributed by atoms with E-state index in [0.717, 1.165) is 6.54 Å². The zero-order valence-corrected chi connectivity index (χ0v) is 10.5. The van der Waals surface area contributed by atoms with E-state index in [0.29, 0.717) is 12.6 Å². The molecule has 0 aliphatic heterocycles. The van der Waals surface area contributed by atoms with Crippen LogP contribution < -0.4 is 0 Å². The van der Waals surface area contributed by atoms with Gasteiger partial charge in [-0.05, 0) is 26.3 Å². The van der Waals surface area contributed by atoms with Gasteiger partial charge in [0.05, 0.1) is 7.11 Å². The topological polar surface area (TPSA) is 49.8 Å². The molecular formula is C12H23NO3. The van der Waals surface area contributed by atoms with Crippen LogP contribution in [-0.2, 0) is 9.53 Å². The van der Waals surface area contributed by atoms with Gasteiger partial charge in [0, 0.05) is 12.6 Å². The van der Waals surface area contributed by atoms with E-state index in [4.69, 9.17) is 0 Å². The van der Waals surface area contributed by atoms with Crippen LogP contribution in [0.25, 0.3) is 0 Å². The number of hydrogen-bond acceptors (Lipinski definition) is 4. The number of likely N-dealkylation sites (N-methyl/N-ethyl adjacent to an activating group) is 1. The zero-order valence-electron chi connectivity index (χ0n) is 10.5. The Balaban J connectivity index is 2.57. The van der Waals surface area contributed by atoms with Gasteiger partial charge in [0.2, 0.25) is 0 Å². The van der Waals surface area contributed by atoms with Gasteiger partial charge >= 0.3 is 5.97 Å². The second-order valence-corrected chi connectivity index (χ2v) is 4.77. The molecule has 94 valence electrons.